The maximum absolute atomic E-state index is 11.5. The third kappa shape index (κ3) is 5.16. The van der Waals surface area contributed by atoms with E-state index in [0.717, 1.165) is 16.9 Å². The Balaban J connectivity index is 1.66. The van der Waals surface area contributed by atoms with Crippen molar-refractivity contribution in [2.75, 3.05) is 7.11 Å². The molecule has 5 nitrogen and oxygen atoms in total. The van der Waals surface area contributed by atoms with Crippen molar-refractivity contribution >= 4 is 6.09 Å². The molecule has 2 rings (SSSR count). The Hall–Kier alpha value is -2.53. The van der Waals surface area contributed by atoms with Crippen LogP contribution in [0.5, 0.6) is 5.75 Å². The summed E-state index contributed by atoms with van der Waals surface area (Å²) in [6.45, 7) is 0.751. The zero-order chi connectivity index (χ0) is 14.9. The van der Waals surface area contributed by atoms with Crippen molar-refractivity contribution in [3.63, 3.8) is 0 Å². The maximum Gasteiger partial charge on any atom is 0.421 e. The first-order valence-corrected chi connectivity index (χ1v) is 6.60. The molecule has 0 saturated heterocycles. The first-order valence-electron chi connectivity index (χ1n) is 6.60. The fraction of sp³-hybridized carbons (Fsp3) is 0.188. The van der Waals surface area contributed by atoms with E-state index < -0.39 is 6.09 Å². The van der Waals surface area contributed by atoms with Crippen LogP contribution in [0.25, 0.3) is 0 Å². The number of rotatable bonds is 6. The van der Waals surface area contributed by atoms with Crippen LogP contribution >= 0.6 is 0 Å². The zero-order valence-electron chi connectivity index (χ0n) is 11.8. The largest absolute Gasteiger partial charge is 0.497 e. The fourth-order valence-electron chi connectivity index (χ4n) is 1.72. The summed E-state index contributed by atoms with van der Waals surface area (Å²) >= 11 is 0. The van der Waals surface area contributed by atoms with Crippen LogP contribution < -0.4 is 15.6 Å². The molecule has 1 amide bonds. The second-order valence-electron chi connectivity index (χ2n) is 4.39. The Labute approximate surface area is 123 Å². The van der Waals surface area contributed by atoms with Crippen molar-refractivity contribution in [2.45, 2.75) is 13.2 Å². The SMILES string of the molecule is COc1ccc(CNNC(=O)OCc2ccccc2)cc1. The molecule has 0 unspecified atom stereocenters. The number of amides is 1. The predicted octanol–water partition coefficient (Wildman–Crippen LogP) is 2.63. The van der Waals surface area contributed by atoms with Crippen LogP contribution in [-0.4, -0.2) is 13.2 Å². The third-order valence-electron chi connectivity index (χ3n) is 2.85. The van der Waals surface area contributed by atoms with Crippen molar-refractivity contribution in [1.29, 1.82) is 0 Å². The van der Waals surface area contributed by atoms with Gasteiger partial charge >= 0.3 is 6.09 Å². The van der Waals surface area contributed by atoms with Crippen molar-refractivity contribution < 1.29 is 14.3 Å². The van der Waals surface area contributed by atoms with Crippen LogP contribution in [0.4, 0.5) is 4.79 Å². The Bertz CT molecular complexity index is 555. The van der Waals surface area contributed by atoms with E-state index in [1.165, 1.54) is 0 Å². The minimum absolute atomic E-state index is 0.247. The van der Waals surface area contributed by atoms with Gasteiger partial charge in [0.05, 0.1) is 7.11 Å². The van der Waals surface area contributed by atoms with Gasteiger partial charge in [-0.25, -0.2) is 10.2 Å². The first-order chi connectivity index (χ1) is 10.3. The van der Waals surface area contributed by atoms with Crippen LogP contribution in [0.15, 0.2) is 54.6 Å². The van der Waals surface area contributed by atoms with Crippen molar-refractivity contribution in [3.05, 3.63) is 65.7 Å². The van der Waals surface area contributed by atoms with Crippen LogP contribution in [0, 0.1) is 0 Å². The van der Waals surface area contributed by atoms with E-state index in [0.29, 0.717) is 6.54 Å². The van der Waals surface area contributed by atoms with Gasteiger partial charge in [-0.05, 0) is 23.3 Å². The summed E-state index contributed by atoms with van der Waals surface area (Å²) in [4.78, 5) is 11.5. The summed E-state index contributed by atoms with van der Waals surface area (Å²) < 4.78 is 10.1. The van der Waals surface area contributed by atoms with Gasteiger partial charge in [0.25, 0.3) is 0 Å². The number of methoxy groups -OCH3 is 1. The number of benzene rings is 2. The monoisotopic (exact) mass is 286 g/mol. The normalized spacial score (nSPS) is 9.95. The number of hydrogen-bond acceptors (Lipinski definition) is 4. The minimum Gasteiger partial charge on any atom is -0.497 e. The van der Waals surface area contributed by atoms with E-state index >= 15 is 0 Å². The second-order valence-corrected chi connectivity index (χ2v) is 4.39. The number of carbonyl (C=O) groups is 1. The van der Waals surface area contributed by atoms with Gasteiger partial charge in [-0.3, -0.25) is 5.43 Å². The van der Waals surface area contributed by atoms with Gasteiger partial charge < -0.3 is 9.47 Å². The molecule has 2 aromatic carbocycles. The van der Waals surface area contributed by atoms with Gasteiger partial charge in [-0.1, -0.05) is 42.5 Å². The molecule has 0 radical (unpaired) electrons. The standard InChI is InChI=1S/C16H18N2O3/c1-20-15-9-7-13(8-10-15)11-17-18-16(19)21-12-14-5-3-2-4-6-14/h2-10,17H,11-12H2,1H3,(H,18,19). The minimum atomic E-state index is -0.507. The van der Waals surface area contributed by atoms with E-state index in [-0.39, 0.29) is 6.61 Å². The Morgan fingerprint density at radius 3 is 2.38 bits per heavy atom. The summed E-state index contributed by atoms with van der Waals surface area (Å²) in [5, 5.41) is 0. The number of hydrazine groups is 1. The molecule has 0 bridgehead atoms. The molecule has 0 aromatic heterocycles. The average Bonchev–Trinajstić information content (AvgIpc) is 2.54. The molecule has 5 heteroatoms. The molecular formula is C16H18N2O3. The highest BCUT2D eigenvalue weighted by Gasteiger charge is 2.01. The van der Waals surface area contributed by atoms with Crippen LogP contribution in [0.1, 0.15) is 11.1 Å². The quantitative estimate of drug-likeness (QED) is 0.801. The summed E-state index contributed by atoms with van der Waals surface area (Å²) in [5.74, 6) is 0.800. The molecule has 0 aliphatic rings. The lowest BCUT2D eigenvalue weighted by atomic mass is 10.2. The van der Waals surface area contributed by atoms with E-state index in [4.69, 9.17) is 9.47 Å². The Kier molecular flexibility index (Phi) is 5.60. The zero-order valence-corrected chi connectivity index (χ0v) is 11.8. The molecular weight excluding hydrogens is 268 g/mol. The lowest BCUT2D eigenvalue weighted by Crippen LogP contribution is -2.37. The molecule has 0 aliphatic carbocycles. The van der Waals surface area contributed by atoms with Gasteiger partial charge in [-0.15, -0.1) is 0 Å². The Morgan fingerprint density at radius 2 is 1.71 bits per heavy atom. The predicted molar refractivity (Wildman–Crippen MR) is 79.6 cm³/mol. The smallest absolute Gasteiger partial charge is 0.421 e. The highest BCUT2D eigenvalue weighted by molar-refractivity contribution is 5.66. The van der Waals surface area contributed by atoms with E-state index in [2.05, 4.69) is 10.9 Å². The number of ether oxygens (including phenoxy) is 2. The summed E-state index contributed by atoms with van der Waals surface area (Å²) in [6.07, 6.45) is -0.507. The van der Waals surface area contributed by atoms with Crippen LogP contribution in [0.3, 0.4) is 0 Å². The Morgan fingerprint density at radius 1 is 1.00 bits per heavy atom. The van der Waals surface area contributed by atoms with E-state index in [1.807, 2.05) is 54.6 Å². The van der Waals surface area contributed by atoms with Crippen molar-refractivity contribution in [1.82, 2.24) is 10.9 Å². The molecule has 110 valence electrons. The average molecular weight is 286 g/mol. The molecule has 2 N–H and O–H groups in total. The molecule has 0 heterocycles. The molecule has 2 aromatic rings. The van der Waals surface area contributed by atoms with Gasteiger partial charge in [0.15, 0.2) is 0 Å². The van der Waals surface area contributed by atoms with Gasteiger partial charge in [0, 0.05) is 6.54 Å². The van der Waals surface area contributed by atoms with Gasteiger partial charge in [0.2, 0.25) is 0 Å². The molecule has 0 aliphatic heterocycles. The number of hydrogen-bond donors (Lipinski definition) is 2. The lowest BCUT2D eigenvalue weighted by molar-refractivity contribution is 0.134. The molecule has 0 fully saturated rings. The lowest BCUT2D eigenvalue weighted by Gasteiger charge is -2.09. The highest BCUT2D eigenvalue weighted by Crippen LogP contribution is 2.10. The molecule has 0 atom stereocenters. The summed E-state index contributed by atoms with van der Waals surface area (Å²) in [5.41, 5.74) is 7.27. The molecule has 21 heavy (non-hydrogen) atoms. The van der Waals surface area contributed by atoms with Crippen LogP contribution in [0.2, 0.25) is 0 Å². The highest BCUT2D eigenvalue weighted by atomic mass is 16.6. The van der Waals surface area contributed by atoms with E-state index in [9.17, 15) is 4.79 Å². The summed E-state index contributed by atoms with van der Waals surface area (Å²) in [6, 6.07) is 17.1. The third-order valence-corrected chi connectivity index (χ3v) is 2.85. The number of nitrogens with one attached hydrogen (secondary N) is 2. The molecule has 0 spiro atoms. The van der Waals surface area contributed by atoms with Gasteiger partial charge in [0.1, 0.15) is 12.4 Å². The number of carbonyl (C=O) groups excluding carboxylic acids is 1. The van der Waals surface area contributed by atoms with Crippen molar-refractivity contribution in [3.8, 4) is 5.75 Å². The van der Waals surface area contributed by atoms with Crippen molar-refractivity contribution in [2.24, 2.45) is 0 Å². The topological polar surface area (TPSA) is 59.6 Å². The summed E-state index contributed by atoms with van der Waals surface area (Å²) in [7, 11) is 1.62. The fourth-order valence-corrected chi connectivity index (χ4v) is 1.72. The maximum atomic E-state index is 11.5. The molecule has 0 saturated carbocycles. The van der Waals surface area contributed by atoms with Crippen LogP contribution in [-0.2, 0) is 17.9 Å². The second kappa shape index (κ2) is 7.91. The van der Waals surface area contributed by atoms with Gasteiger partial charge in [-0.2, -0.15) is 0 Å². The van der Waals surface area contributed by atoms with E-state index in [1.54, 1.807) is 7.11 Å². The first kappa shape index (κ1) is 14.9.